The molecule has 6 heteroatoms. The summed E-state index contributed by atoms with van der Waals surface area (Å²) in [6.45, 7) is 3.22. The van der Waals surface area contributed by atoms with Gasteiger partial charge in [0.15, 0.2) is 0 Å². The van der Waals surface area contributed by atoms with Gasteiger partial charge in [0.05, 0.1) is 11.0 Å². The standard InChI is InChI=1S/C18H22N4O2/c1-3-4-5-16-18(24)21(2)10-11-22(16)17(23)13-6-7-14-15(12-13)20-9-8-19-14/h6-9,12,16H,3-5,10-11H2,1-2H3/t16-/m0/s1. The van der Waals surface area contributed by atoms with Crippen LogP contribution in [0, 0.1) is 0 Å². The van der Waals surface area contributed by atoms with Gasteiger partial charge >= 0.3 is 0 Å². The van der Waals surface area contributed by atoms with Crippen molar-refractivity contribution in [1.82, 2.24) is 19.8 Å². The van der Waals surface area contributed by atoms with Crippen molar-refractivity contribution in [2.75, 3.05) is 20.1 Å². The number of rotatable bonds is 4. The third-order valence-electron chi connectivity index (χ3n) is 4.52. The summed E-state index contributed by atoms with van der Waals surface area (Å²) in [4.78, 5) is 37.4. The summed E-state index contributed by atoms with van der Waals surface area (Å²) < 4.78 is 0. The number of fused-ring (bicyclic) bond motifs is 1. The molecule has 0 bridgehead atoms. The van der Waals surface area contributed by atoms with Crippen molar-refractivity contribution in [1.29, 1.82) is 0 Å². The van der Waals surface area contributed by atoms with Crippen molar-refractivity contribution in [3.05, 3.63) is 36.2 Å². The highest BCUT2D eigenvalue weighted by molar-refractivity contribution is 6.00. The molecule has 1 saturated heterocycles. The predicted molar refractivity (Wildman–Crippen MR) is 91.5 cm³/mol. The molecule has 0 saturated carbocycles. The molecular weight excluding hydrogens is 304 g/mol. The molecule has 1 aliphatic rings. The van der Waals surface area contributed by atoms with E-state index in [4.69, 9.17) is 0 Å². The second kappa shape index (κ2) is 6.95. The van der Waals surface area contributed by atoms with Gasteiger partial charge in [-0.25, -0.2) is 0 Å². The quantitative estimate of drug-likeness (QED) is 0.863. The van der Waals surface area contributed by atoms with Gasteiger partial charge in [-0.15, -0.1) is 0 Å². The first-order valence-electron chi connectivity index (χ1n) is 8.38. The van der Waals surface area contributed by atoms with E-state index in [2.05, 4.69) is 16.9 Å². The van der Waals surface area contributed by atoms with Gasteiger partial charge in [-0.05, 0) is 24.6 Å². The van der Waals surface area contributed by atoms with Crippen LogP contribution in [-0.4, -0.2) is 57.8 Å². The first kappa shape index (κ1) is 16.4. The lowest BCUT2D eigenvalue weighted by molar-refractivity contribution is -0.138. The van der Waals surface area contributed by atoms with Crippen LogP contribution in [0.2, 0.25) is 0 Å². The minimum absolute atomic E-state index is 0.0311. The van der Waals surface area contributed by atoms with Crippen LogP contribution in [-0.2, 0) is 4.79 Å². The van der Waals surface area contributed by atoms with Crippen molar-refractivity contribution in [2.45, 2.75) is 32.2 Å². The summed E-state index contributed by atoms with van der Waals surface area (Å²) >= 11 is 0. The summed E-state index contributed by atoms with van der Waals surface area (Å²) in [5, 5.41) is 0. The number of hydrogen-bond donors (Lipinski definition) is 0. The topological polar surface area (TPSA) is 66.4 Å². The second-order valence-corrected chi connectivity index (χ2v) is 6.18. The van der Waals surface area contributed by atoms with Crippen molar-refractivity contribution in [3.8, 4) is 0 Å². The lowest BCUT2D eigenvalue weighted by Gasteiger charge is -2.39. The van der Waals surface area contributed by atoms with Crippen molar-refractivity contribution < 1.29 is 9.59 Å². The molecule has 2 heterocycles. The van der Waals surface area contributed by atoms with Crippen LogP contribution in [0.3, 0.4) is 0 Å². The minimum atomic E-state index is -0.367. The van der Waals surface area contributed by atoms with Crippen LogP contribution in [0.25, 0.3) is 11.0 Å². The zero-order valence-electron chi connectivity index (χ0n) is 14.1. The fraction of sp³-hybridized carbons (Fsp3) is 0.444. The van der Waals surface area contributed by atoms with Gasteiger partial charge in [-0.1, -0.05) is 19.8 Å². The first-order chi connectivity index (χ1) is 11.6. The Morgan fingerprint density at radius 1 is 1.21 bits per heavy atom. The number of likely N-dealkylation sites (N-methyl/N-ethyl adjacent to an activating group) is 1. The normalized spacial score (nSPS) is 18.2. The number of hydrogen-bond acceptors (Lipinski definition) is 4. The van der Waals surface area contributed by atoms with Crippen LogP contribution in [0.15, 0.2) is 30.6 Å². The van der Waals surface area contributed by atoms with E-state index in [0.29, 0.717) is 30.6 Å². The van der Waals surface area contributed by atoms with E-state index in [1.165, 1.54) is 0 Å². The third kappa shape index (κ3) is 3.09. The lowest BCUT2D eigenvalue weighted by Crippen LogP contribution is -2.57. The molecule has 0 N–H and O–H groups in total. The Balaban J connectivity index is 1.88. The fourth-order valence-electron chi connectivity index (χ4n) is 3.09. The molecule has 1 aliphatic heterocycles. The van der Waals surface area contributed by atoms with E-state index in [-0.39, 0.29) is 17.9 Å². The largest absolute Gasteiger partial charge is 0.342 e. The van der Waals surface area contributed by atoms with Gasteiger partial charge in [0.25, 0.3) is 5.91 Å². The van der Waals surface area contributed by atoms with Gasteiger partial charge in [0, 0.05) is 38.1 Å². The molecule has 126 valence electrons. The maximum atomic E-state index is 13.0. The van der Waals surface area contributed by atoms with Gasteiger partial charge in [-0.2, -0.15) is 0 Å². The monoisotopic (exact) mass is 326 g/mol. The number of nitrogens with zero attached hydrogens (tertiary/aromatic N) is 4. The molecule has 0 unspecified atom stereocenters. The first-order valence-corrected chi connectivity index (χ1v) is 8.38. The second-order valence-electron chi connectivity index (χ2n) is 6.18. The van der Waals surface area contributed by atoms with Crippen molar-refractivity contribution in [3.63, 3.8) is 0 Å². The third-order valence-corrected chi connectivity index (χ3v) is 4.52. The highest BCUT2D eigenvalue weighted by atomic mass is 16.2. The highest BCUT2D eigenvalue weighted by Crippen LogP contribution is 2.20. The molecule has 1 aromatic carbocycles. The predicted octanol–water partition coefficient (Wildman–Crippen LogP) is 2.10. The Morgan fingerprint density at radius 2 is 1.96 bits per heavy atom. The summed E-state index contributed by atoms with van der Waals surface area (Å²) in [6.07, 6.45) is 5.88. The van der Waals surface area contributed by atoms with E-state index in [9.17, 15) is 9.59 Å². The smallest absolute Gasteiger partial charge is 0.254 e. The number of unbranched alkanes of at least 4 members (excludes halogenated alkanes) is 1. The highest BCUT2D eigenvalue weighted by Gasteiger charge is 2.35. The number of carbonyl (C=O) groups is 2. The van der Waals surface area contributed by atoms with Crippen LogP contribution >= 0.6 is 0 Å². The zero-order chi connectivity index (χ0) is 17.1. The SMILES string of the molecule is CCCC[C@H]1C(=O)N(C)CCN1C(=O)c1ccc2nccnc2c1. The molecule has 1 aromatic heterocycles. The van der Waals surface area contributed by atoms with Crippen molar-refractivity contribution >= 4 is 22.8 Å². The summed E-state index contributed by atoms with van der Waals surface area (Å²) in [5.74, 6) is -0.0752. The molecule has 0 radical (unpaired) electrons. The maximum Gasteiger partial charge on any atom is 0.254 e. The summed E-state index contributed by atoms with van der Waals surface area (Å²) in [6, 6.07) is 4.95. The number of amides is 2. The Hall–Kier alpha value is -2.50. The molecule has 0 aliphatic carbocycles. The van der Waals surface area contributed by atoms with Crippen molar-refractivity contribution in [2.24, 2.45) is 0 Å². The lowest BCUT2D eigenvalue weighted by atomic mass is 10.0. The Morgan fingerprint density at radius 3 is 2.71 bits per heavy atom. The molecule has 1 atom stereocenters. The Bertz CT molecular complexity index is 762. The van der Waals surface area contributed by atoms with Crippen LogP contribution in [0.4, 0.5) is 0 Å². The average molecular weight is 326 g/mol. The molecule has 2 amide bonds. The summed E-state index contributed by atoms with van der Waals surface area (Å²) in [5.41, 5.74) is 2.00. The molecule has 0 spiro atoms. The number of carbonyl (C=O) groups excluding carboxylic acids is 2. The van der Waals surface area contributed by atoms with Gasteiger partial charge in [0.2, 0.25) is 5.91 Å². The molecule has 3 rings (SSSR count). The van der Waals surface area contributed by atoms with Crippen LogP contribution < -0.4 is 0 Å². The maximum absolute atomic E-state index is 13.0. The van der Waals surface area contributed by atoms with E-state index in [0.717, 1.165) is 18.4 Å². The molecule has 1 fully saturated rings. The molecule has 2 aromatic rings. The zero-order valence-corrected chi connectivity index (χ0v) is 14.1. The molecule has 6 nitrogen and oxygen atoms in total. The number of benzene rings is 1. The van der Waals surface area contributed by atoms with Crippen LogP contribution in [0.5, 0.6) is 0 Å². The van der Waals surface area contributed by atoms with Gasteiger partial charge < -0.3 is 9.80 Å². The fourth-order valence-corrected chi connectivity index (χ4v) is 3.09. The molecule has 24 heavy (non-hydrogen) atoms. The molecular formula is C18H22N4O2. The number of aromatic nitrogens is 2. The Kier molecular flexibility index (Phi) is 4.74. The number of piperazine rings is 1. The van der Waals surface area contributed by atoms with E-state index in [1.807, 2.05) is 0 Å². The van der Waals surface area contributed by atoms with E-state index >= 15 is 0 Å². The van der Waals surface area contributed by atoms with E-state index < -0.39 is 0 Å². The Labute approximate surface area is 141 Å². The van der Waals surface area contributed by atoms with Gasteiger partial charge in [0.1, 0.15) is 6.04 Å². The average Bonchev–Trinajstić information content (AvgIpc) is 2.62. The van der Waals surface area contributed by atoms with Crippen LogP contribution in [0.1, 0.15) is 36.5 Å². The minimum Gasteiger partial charge on any atom is -0.342 e. The van der Waals surface area contributed by atoms with Gasteiger partial charge in [-0.3, -0.25) is 19.6 Å². The summed E-state index contributed by atoms with van der Waals surface area (Å²) in [7, 11) is 1.80. The van der Waals surface area contributed by atoms with E-state index in [1.54, 1.807) is 47.4 Å².